The molecule has 3 aliphatic carbocycles. The van der Waals surface area contributed by atoms with Gasteiger partial charge in [-0.3, -0.25) is 4.79 Å². The minimum atomic E-state index is -0.206. The van der Waals surface area contributed by atoms with Crippen molar-refractivity contribution in [2.24, 2.45) is 5.41 Å². The van der Waals surface area contributed by atoms with E-state index in [1.165, 1.54) is 5.56 Å². The Morgan fingerprint density at radius 1 is 1.13 bits per heavy atom. The van der Waals surface area contributed by atoms with E-state index in [0.29, 0.717) is 31.5 Å². The number of ether oxygens (including phenoxy) is 2. The maximum Gasteiger partial charge on any atom is 0.226 e. The molecule has 1 aromatic rings. The van der Waals surface area contributed by atoms with Crippen LogP contribution in [0.4, 0.5) is 4.39 Å². The molecule has 2 bridgehead atoms. The number of halogens is 1. The molecule has 1 heterocycles. The third-order valence-corrected chi connectivity index (χ3v) is 7.86. The monoisotopic (exact) mass is 415 g/mol. The van der Waals surface area contributed by atoms with E-state index in [4.69, 9.17) is 9.47 Å². The van der Waals surface area contributed by atoms with Gasteiger partial charge in [-0.1, -0.05) is 19.1 Å². The van der Waals surface area contributed by atoms with Crippen LogP contribution in [-0.4, -0.2) is 31.3 Å². The maximum atomic E-state index is 13.2. The summed E-state index contributed by atoms with van der Waals surface area (Å²) in [6.45, 7) is 5.66. The van der Waals surface area contributed by atoms with E-state index in [0.717, 1.165) is 57.3 Å². The Morgan fingerprint density at radius 2 is 1.80 bits per heavy atom. The SMILES string of the molecule is CC/C(=C\F)COc1ccc(C23CCC(C(=O)NC4(C)CCOC4)(CC2)CC3)cc1. The van der Waals surface area contributed by atoms with E-state index in [9.17, 15) is 9.18 Å². The topological polar surface area (TPSA) is 47.6 Å². The molecule has 164 valence electrons. The normalized spacial score (nSPS) is 33.5. The highest BCUT2D eigenvalue weighted by molar-refractivity contribution is 5.84. The zero-order valence-corrected chi connectivity index (χ0v) is 18.3. The smallest absolute Gasteiger partial charge is 0.226 e. The number of rotatable bonds is 7. The number of hydrogen-bond donors (Lipinski definition) is 1. The standard InChI is InChI=1S/C25H34FNO3/c1-3-19(16-26)17-30-21-6-4-20(5-7-21)24-8-11-25(12-9-24,13-10-24)22(28)27-23(2)14-15-29-18-23/h4-7,16H,3,8-15,17-18H2,1-2H3,(H,27,28)/b19-16+. The van der Waals surface area contributed by atoms with Crippen LogP contribution in [0.1, 0.15) is 70.8 Å². The average molecular weight is 416 g/mol. The van der Waals surface area contributed by atoms with Crippen molar-refractivity contribution in [3.05, 3.63) is 41.7 Å². The summed E-state index contributed by atoms with van der Waals surface area (Å²) in [5.74, 6) is 1.01. The summed E-state index contributed by atoms with van der Waals surface area (Å²) in [6.07, 6.45) is 8.21. The minimum absolute atomic E-state index is 0.175. The van der Waals surface area contributed by atoms with Gasteiger partial charge < -0.3 is 14.8 Å². The predicted octanol–water partition coefficient (Wildman–Crippen LogP) is 5.22. The summed E-state index contributed by atoms with van der Waals surface area (Å²) >= 11 is 0. The highest BCUT2D eigenvalue weighted by Crippen LogP contribution is 2.58. The minimum Gasteiger partial charge on any atom is -0.489 e. The van der Waals surface area contributed by atoms with E-state index < -0.39 is 0 Å². The summed E-state index contributed by atoms with van der Waals surface area (Å²) in [7, 11) is 0. The van der Waals surface area contributed by atoms with Crippen molar-refractivity contribution in [3.8, 4) is 5.75 Å². The summed E-state index contributed by atoms with van der Waals surface area (Å²) in [5.41, 5.74) is 1.77. The lowest BCUT2D eigenvalue weighted by atomic mass is 9.51. The van der Waals surface area contributed by atoms with Crippen molar-refractivity contribution >= 4 is 5.91 Å². The van der Waals surface area contributed by atoms with Gasteiger partial charge in [0.05, 0.1) is 18.5 Å². The van der Waals surface area contributed by atoms with Gasteiger partial charge in [0, 0.05) is 12.0 Å². The third kappa shape index (κ3) is 4.01. The Labute approximate surface area is 179 Å². The van der Waals surface area contributed by atoms with Crippen LogP contribution >= 0.6 is 0 Å². The fourth-order valence-corrected chi connectivity index (χ4v) is 5.42. The van der Waals surface area contributed by atoms with E-state index in [-0.39, 0.29) is 22.3 Å². The van der Waals surface area contributed by atoms with Gasteiger partial charge in [0.25, 0.3) is 0 Å². The summed E-state index contributed by atoms with van der Waals surface area (Å²) in [4.78, 5) is 13.2. The Balaban J connectivity index is 1.38. The van der Waals surface area contributed by atoms with Crippen LogP contribution in [0, 0.1) is 5.41 Å². The van der Waals surface area contributed by atoms with E-state index >= 15 is 0 Å². The Morgan fingerprint density at radius 3 is 2.33 bits per heavy atom. The molecule has 0 aromatic heterocycles. The number of hydrogen-bond acceptors (Lipinski definition) is 3. The van der Waals surface area contributed by atoms with Gasteiger partial charge in [-0.05, 0) is 87.0 Å². The molecule has 5 rings (SSSR count). The maximum absolute atomic E-state index is 13.2. The van der Waals surface area contributed by atoms with Crippen molar-refractivity contribution in [3.63, 3.8) is 0 Å². The zero-order chi connectivity index (χ0) is 21.2. The van der Waals surface area contributed by atoms with E-state index in [1.54, 1.807) is 0 Å². The Kier molecular flexibility index (Phi) is 5.93. The summed E-state index contributed by atoms with van der Waals surface area (Å²) in [6, 6.07) is 8.32. The van der Waals surface area contributed by atoms with Gasteiger partial charge >= 0.3 is 0 Å². The molecule has 1 aromatic carbocycles. The van der Waals surface area contributed by atoms with Crippen LogP contribution in [0.2, 0.25) is 0 Å². The highest BCUT2D eigenvalue weighted by Gasteiger charge is 2.53. The molecule has 5 heteroatoms. The lowest BCUT2D eigenvalue weighted by Gasteiger charge is -2.53. The summed E-state index contributed by atoms with van der Waals surface area (Å²) in [5, 5.41) is 3.32. The molecule has 1 unspecified atom stereocenters. The molecule has 4 nitrogen and oxygen atoms in total. The molecule has 4 aliphatic rings. The molecular weight excluding hydrogens is 381 g/mol. The van der Waals surface area contributed by atoms with Crippen LogP contribution in [0.5, 0.6) is 5.75 Å². The molecule has 3 saturated carbocycles. The lowest BCUT2D eigenvalue weighted by molar-refractivity contribution is -0.139. The van der Waals surface area contributed by atoms with Crippen molar-refractivity contribution in [2.75, 3.05) is 19.8 Å². The van der Waals surface area contributed by atoms with Crippen molar-refractivity contribution in [2.45, 2.75) is 76.2 Å². The van der Waals surface area contributed by atoms with Crippen LogP contribution in [0.15, 0.2) is 36.2 Å². The Hall–Kier alpha value is -1.88. The molecular formula is C25H34FNO3. The van der Waals surface area contributed by atoms with E-state index in [2.05, 4.69) is 24.4 Å². The Bertz CT molecular complexity index is 771. The quantitative estimate of drug-likeness (QED) is 0.664. The van der Waals surface area contributed by atoms with Crippen molar-refractivity contribution in [1.82, 2.24) is 5.32 Å². The number of carbonyl (C=O) groups is 1. The first-order valence-electron chi connectivity index (χ1n) is 11.3. The van der Waals surface area contributed by atoms with Gasteiger partial charge in [0.1, 0.15) is 12.4 Å². The van der Waals surface area contributed by atoms with E-state index in [1.807, 2.05) is 19.1 Å². The highest BCUT2D eigenvalue weighted by atomic mass is 19.1. The molecule has 1 saturated heterocycles. The number of amides is 1. The molecule has 1 N–H and O–H groups in total. The fourth-order valence-electron chi connectivity index (χ4n) is 5.42. The molecule has 1 atom stereocenters. The fraction of sp³-hybridized carbons (Fsp3) is 0.640. The zero-order valence-electron chi connectivity index (χ0n) is 18.3. The van der Waals surface area contributed by atoms with Crippen LogP contribution in [0.25, 0.3) is 0 Å². The third-order valence-electron chi connectivity index (χ3n) is 7.86. The van der Waals surface area contributed by atoms with Gasteiger partial charge in [0.15, 0.2) is 0 Å². The molecule has 30 heavy (non-hydrogen) atoms. The first kappa shape index (κ1) is 21.4. The van der Waals surface area contributed by atoms with Gasteiger partial charge in [-0.25, -0.2) is 4.39 Å². The molecule has 0 radical (unpaired) electrons. The predicted molar refractivity (Wildman–Crippen MR) is 115 cm³/mol. The van der Waals surface area contributed by atoms with Gasteiger partial charge in [0.2, 0.25) is 5.91 Å². The molecule has 1 aliphatic heterocycles. The largest absolute Gasteiger partial charge is 0.489 e. The second kappa shape index (κ2) is 8.33. The van der Waals surface area contributed by atoms with Crippen LogP contribution < -0.4 is 10.1 Å². The molecule has 0 spiro atoms. The molecule has 4 fully saturated rings. The van der Waals surface area contributed by atoms with Gasteiger partial charge in [-0.2, -0.15) is 0 Å². The first-order valence-corrected chi connectivity index (χ1v) is 11.3. The second-order valence-electron chi connectivity index (χ2n) is 9.81. The first-order chi connectivity index (χ1) is 14.4. The average Bonchev–Trinajstić information content (AvgIpc) is 3.22. The second-order valence-corrected chi connectivity index (χ2v) is 9.81. The number of nitrogens with one attached hydrogen (secondary N) is 1. The summed E-state index contributed by atoms with van der Waals surface area (Å²) < 4.78 is 23.9. The number of benzene rings is 1. The number of fused-ring (bicyclic) bond motifs is 3. The van der Waals surface area contributed by atoms with Crippen LogP contribution in [0.3, 0.4) is 0 Å². The van der Waals surface area contributed by atoms with Crippen molar-refractivity contribution in [1.29, 1.82) is 0 Å². The van der Waals surface area contributed by atoms with Gasteiger partial charge in [-0.15, -0.1) is 0 Å². The number of carbonyl (C=O) groups excluding carboxylic acids is 1. The lowest BCUT2D eigenvalue weighted by Crippen LogP contribution is -2.57. The van der Waals surface area contributed by atoms with Crippen molar-refractivity contribution < 1.29 is 18.7 Å². The van der Waals surface area contributed by atoms with Crippen LogP contribution in [-0.2, 0) is 14.9 Å². The molecule has 1 amide bonds.